The highest BCUT2D eigenvalue weighted by Crippen LogP contribution is 2.60. The molecule has 0 radical (unpaired) electrons. The molecule has 14 nitrogen and oxygen atoms in total. The molecule has 14 heteroatoms. The molecule has 2 aliphatic carbocycles. The SMILES string of the molecule is COc1cc(-c2cn(C)c(=O)c3cnccc23)cc(OC)c1CN1CC(CC(=O)CC2CC3(C2)CC(Oc2ccc4c(c2)C(=O)N(C2CCC(=O)NC2=O)C4=O)C3)C1. The summed E-state index contributed by atoms with van der Waals surface area (Å²) in [5.41, 5.74) is 3.21. The van der Waals surface area contributed by atoms with Crippen LogP contribution in [0.1, 0.15) is 77.6 Å². The highest BCUT2D eigenvalue weighted by atomic mass is 16.5. The van der Waals surface area contributed by atoms with Gasteiger partial charge in [0, 0.05) is 70.1 Å². The molecule has 300 valence electrons. The fourth-order valence-corrected chi connectivity index (χ4v) is 10.1. The van der Waals surface area contributed by atoms with Crippen LogP contribution in [-0.2, 0) is 28.0 Å². The Hall–Kier alpha value is -5.89. The van der Waals surface area contributed by atoms with Crippen LogP contribution in [0.25, 0.3) is 21.9 Å². The average molecular weight is 788 g/mol. The zero-order valence-electron chi connectivity index (χ0n) is 32.7. The summed E-state index contributed by atoms with van der Waals surface area (Å²) < 4.78 is 19.5. The van der Waals surface area contributed by atoms with Crippen LogP contribution in [0.2, 0.25) is 0 Å². The first-order chi connectivity index (χ1) is 27.9. The molecule has 2 aromatic heterocycles. The number of ether oxygens (including phenoxy) is 3. The Labute approximate surface area is 334 Å². The van der Waals surface area contributed by atoms with Gasteiger partial charge in [0.25, 0.3) is 17.4 Å². The molecule has 2 saturated carbocycles. The summed E-state index contributed by atoms with van der Waals surface area (Å²) in [6.07, 6.45) is 10.2. The number of carbonyl (C=O) groups excluding carboxylic acids is 5. The van der Waals surface area contributed by atoms with Crippen molar-refractivity contribution in [2.24, 2.45) is 24.3 Å². The van der Waals surface area contributed by atoms with E-state index in [2.05, 4.69) is 15.2 Å². The van der Waals surface area contributed by atoms with Gasteiger partial charge < -0.3 is 18.8 Å². The number of Topliss-reactive ketones (excluding diaryl/α,β-unsaturated/α-hetero) is 1. The summed E-state index contributed by atoms with van der Waals surface area (Å²) in [4.78, 5) is 83.5. The molecule has 5 aliphatic rings. The van der Waals surface area contributed by atoms with Gasteiger partial charge in [0.15, 0.2) is 0 Å². The van der Waals surface area contributed by atoms with Gasteiger partial charge in [-0.2, -0.15) is 0 Å². The van der Waals surface area contributed by atoms with E-state index in [9.17, 15) is 28.8 Å². The number of amides is 4. The van der Waals surface area contributed by atoms with Gasteiger partial charge in [-0.1, -0.05) is 0 Å². The predicted octanol–water partition coefficient (Wildman–Crippen LogP) is 4.44. The van der Waals surface area contributed by atoms with Crippen molar-refractivity contribution in [3.63, 3.8) is 0 Å². The summed E-state index contributed by atoms with van der Waals surface area (Å²) in [5, 5.41) is 3.57. The Morgan fingerprint density at radius 1 is 0.862 bits per heavy atom. The number of aryl methyl sites for hydroxylation is 1. The molecule has 1 spiro atoms. The third-order valence-corrected chi connectivity index (χ3v) is 12.8. The third-order valence-electron chi connectivity index (χ3n) is 12.8. The molecule has 4 aromatic rings. The van der Waals surface area contributed by atoms with Crippen molar-refractivity contribution in [2.75, 3.05) is 27.3 Å². The Morgan fingerprint density at radius 2 is 1.57 bits per heavy atom. The van der Waals surface area contributed by atoms with Crippen LogP contribution in [0.15, 0.2) is 59.8 Å². The molecule has 1 unspecified atom stereocenters. The number of likely N-dealkylation sites (tertiary alicyclic amines) is 1. The molecule has 0 bridgehead atoms. The van der Waals surface area contributed by atoms with E-state index in [-0.39, 0.29) is 41.0 Å². The number of methoxy groups -OCH3 is 2. The predicted molar refractivity (Wildman–Crippen MR) is 210 cm³/mol. The van der Waals surface area contributed by atoms with Crippen molar-refractivity contribution in [1.82, 2.24) is 24.7 Å². The minimum absolute atomic E-state index is 0.00597. The Balaban J connectivity index is 0.735. The zero-order chi connectivity index (χ0) is 40.5. The lowest BCUT2D eigenvalue weighted by Crippen LogP contribution is -2.54. The maximum Gasteiger partial charge on any atom is 0.262 e. The van der Waals surface area contributed by atoms with E-state index in [1.165, 1.54) is 0 Å². The second-order valence-corrected chi connectivity index (χ2v) is 16.8. The number of hydrogen-bond acceptors (Lipinski definition) is 11. The normalized spacial score (nSPS) is 24.3. The zero-order valence-corrected chi connectivity index (χ0v) is 32.7. The second-order valence-electron chi connectivity index (χ2n) is 16.8. The van der Waals surface area contributed by atoms with Crippen LogP contribution >= 0.6 is 0 Å². The van der Waals surface area contributed by atoms with E-state index in [4.69, 9.17) is 14.2 Å². The first-order valence-electron chi connectivity index (χ1n) is 19.9. The van der Waals surface area contributed by atoms with Gasteiger partial charge in [-0.25, -0.2) is 0 Å². The number of imide groups is 2. The van der Waals surface area contributed by atoms with Gasteiger partial charge in [-0.3, -0.25) is 48.9 Å². The Bertz CT molecular complexity index is 2430. The van der Waals surface area contributed by atoms with Gasteiger partial charge in [-0.15, -0.1) is 0 Å². The lowest BCUT2D eigenvalue weighted by Gasteiger charge is -2.57. The summed E-state index contributed by atoms with van der Waals surface area (Å²) >= 11 is 0. The summed E-state index contributed by atoms with van der Waals surface area (Å²) in [7, 11) is 5.02. The molecule has 5 heterocycles. The lowest BCUT2D eigenvalue weighted by molar-refractivity contribution is -0.136. The van der Waals surface area contributed by atoms with Crippen molar-refractivity contribution < 1.29 is 38.2 Å². The number of nitrogens with one attached hydrogen (secondary N) is 1. The van der Waals surface area contributed by atoms with Crippen LogP contribution in [0, 0.1) is 17.3 Å². The first-order valence-corrected chi connectivity index (χ1v) is 19.9. The quantitative estimate of drug-likeness (QED) is 0.202. The smallest absolute Gasteiger partial charge is 0.262 e. The number of pyridine rings is 2. The molecule has 3 aliphatic heterocycles. The number of rotatable bonds is 12. The van der Waals surface area contributed by atoms with Crippen molar-refractivity contribution >= 4 is 40.2 Å². The number of ketones is 1. The van der Waals surface area contributed by atoms with Crippen molar-refractivity contribution in [1.29, 1.82) is 0 Å². The molecule has 58 heavy (non-hydrogen) atoms. The molecule has 2 saturated heterocycles. The van der Waals surface area contributed by atoms with Crippen LogP contribution in [0.4, 0.5) is 0 Å². The lowest BCUT2D eigenvalue weighted by atomic mass is 9.50. The first kappa shape index (κ1) is 37.7. The van der Waals surface area contributed by atoms with E-state index in [0.717, 1.165) is 65.7 Å². The van der Waals surface area contributed by atoms with E-state index in [1.807, 2.05) is 24.4 Å². The molecule has 1 N–H and O–H groups in total. The highest BCUT2D eigenvalue weighted by Gasteiger charge is 2.54. The second kappa shape index (κ2) is 14.5. The van der Waals surface area contributed by atoms with Gasteiger partial charge >= 0.3 is 0 Å². The third kappa shape index (κ3) is 6.62. The Kier molecular flexibility index (Phi) is 9.41. The van der Waals surface area contributed by atoms with Crippen LogP contribution in [0.3, 0.4) is 0 Å². The van der Waals surface area contributed by atoms with E-state index < -0.39 is 29.7 Å². The number of nitrogens with zero attached hydrogens (tertiary/aromatic N) is 4. The van der Waals surface area contributed by atoms with Crippen molar-refractivity contribution in [2.45, 2.75) is 70.1 Å². The van der Waals surface area contributed by atoms with Gasteiger partial charge in [0.05, 0.1) is 42.4 Å². The Morgan fingerprint density at radius 3 is 2.28 bits per heavy atom. The monoisotopic (exact) mass is 787 g/mol. The fraction of sp³-hybridized carbons (Fsp3) is 0.432. The largest absolute Gasteiger partial charge is 0.496 e. The van der Waals surface area contributed by atoms with E-state index >= 15 is 0 Å². The molecular weight excluding hydrogens is 743 g/mol. The van der Waals surface area contributed by atoms with Gasteiger partial charge in [-0.05, 0) is 96.7 Å². The topological polar surface area (TPSA) is 166 Å². The van der Waals surface area contributed by atoms with E-state index in [1.54, 1.807) is 56.4 Å². The summed E-state index contributed by atoms with van der Waals surface area (Å²) in [6, 6.07) is 9.65. The average Bonchev–Trinajstić information content (AvgIpc) is 3.41. The number of aromatic nitrogens is 2. The fourth-order valence-electron chi connectivity index (χ4n) is 10.1. The van der Waals surface area contributed by atoms with E-state index in [0.29, 0.717) is 59.6 Å². The molecular formula is C44H45N5O9. The van der Waals surface area contributed by atoms with Crippen molar-refractivity contribution in [3.8, 4) is 28.4 Å². The standard InChI is InChI=1S/C44H45N5O9/c1-47-22-34(30-8-9-45-19-33(30)41(47)53)26-12-37(56-2)35(38(13-26)57-3)23-48-20-25(21-48)11-27(50)10-24-15-44(16-24)17-29(18-44)58-28-4-5-31-32(14-28)43(55)49(42(31)54)36-6-7-39(51)46-40(36)52/h4-5,8-9,12-14,19,22,24-25,29,36H,6-7,10-11,15-18,20-21,23H2,1-3H3,(H,46,51,52). The van der Waals surface area contributed by atoms with Crippen LogP contribution in [-0.4, -0.2) is 88.2 Å². The number of fused-ring (bicyclic) bond motifs is 2. The minimum Gasteiger partial charge on any atom is -0.496 e. The van der Waals surface area contributed by atoms with Gasteiger partial charge in [0.2, 0.25) is 11.8 Å². The van der Waals surface area contributed by atoms with Crippen molar-refractivity contribution in [3.05, 3.63) is 82.0 Å². The minimum atomic E-state index is -1.01. The van der Waals surface area contributed by atoms with Crippen LogP contribution in [0.5, 0.6) is 17.2 Å². The number of benzene rings is 2. The van der Waals surface area contributed by atoms with Gasteiger partial charge in [0.1, 0.15) is 29.1 Å². The summed E-state index contributed by atoms with van der Waals surface area (Å²) in [5.74, 6) is 0.790. The number of carbonyl (C=O) groups is 5. The molecule has 2 aromatic carbocycles. The molecule has 4 fully saturated rings. The highest BCUT2D eigenvalue weighted by molar-refractivity contribution is 6.23. The molecule has 9 rings (SSSR count). The summed E-state index contributed by atoms with van der Waals surface area (Å²) in [6.45, 7) is 2.27. The maximum absolute atomic E-state index is 13.2. The number of hydrogen-bond donors (Lipinski definition) is 1. The molecule has 4 amide bonds. The van der Waals surface area contributed by atoms with Crippen LogP contribution < -0.4 is 25.1 Å². The molecule has 1 atom stereocenters. The maximum atomic E-state index is 13.2. The number of piperidine rings is 1.